The molecule has 0 aliphatic carbocycles. The molecule has 0 saturated carbocycles. The van der Waals surface area contributed by atoms with Gasteiger partial charge in [0.05, 0.1) is 20.4 Å². The summed E-state index contributed by atoms with van der Waals surface area (Å²) in [5, 5.41) is 0.696. The Balaban J connectivity index is 1.95. The lowest BCUT2D eigenvalue weighted by Crippen LogP contribution is -2.00. The fraction of sp³-hybridized carbons (Fsp3) is 0.154. The summed E-state index contributed by atoms with van der Waals surface area (Å²) >= 11 is 19.1. The Hall–Kier alpha value is -0.810. The van der Waals surface area contributed by atoms with Crippen LogP contribution in [0, 0.1) is 4.77 Å². The molecule has 0 bridgehead atoms. The van der Waals surface area contributed by atoms with E-state index in [2.05, 4.69) is 15.6 Å². The van der Waals surface area contributed by atoms with Crippen LogP contribution in [-0.4, -0.2) is 9.55 Å². The first-order valence-electron chi connectivity index (χ1n) is 5.76. The van der Waals surface area contributed by atoms with Gasteiger partial charge < -0.3 is 9.55 Å². The summed E-state index contributed by atoms with van der Waals surface area (Å²) in [5.41, 5.74) is 1.94. The second-order valence-corrected chi connectivity index (χ2v) is 6.77. The van der Waals surface area contributed by atoms with Crippen LogP contribution in [0.2, 0.25) is 9.36 Å². The molecule has 98 valence electrons. The first-order valence-corrected chi connectivity index (χ1v) is 7.74. The summed E-state index contributed by atoms with van der Waals surface area (Å²) < 4.78 is 3.59. The lowest BCUT2D eigenvalue weighted by Gasteiger charge is -2.03. The summed E-state index contributed by atoms with van der Waals surface area (Å²) in [5.74, 6) is 0. The minimum absolute atomic E-state index is 0.696. The molecule has 0 saturated heterocycles. The van der Waals surface area contributed by atoms with E-state index in [0.29, 0.717) is 9.79 Å². The number of rotatable bonds is 3. The minimum Gasteiger partial charge on any atom is -0.329 e. The lowest BCUT2D eigenvalue weighted by atomic mass is 10.3. The third-order valence-electron chi connectivity index (χ3n) is 2.97. The highest BCUT2D eigenvalue weighted by molar-refractivity contribution is 7.71. The second-order valence-electron chi connectivity index (χ2n) is 4.17. The van der Waals surface area contributed by atoms with Gasteiger partial charge in [-0.15, -0.1) is 11.3 Å². The van der Waals surface area contributed by atoms with Crippen LogP contribution in [-0.2, 0) is 13.0 Å². The van der Waals surface area contributed by atoms with E-state index in [-0.39, 0.29) is 0 Å². The number of halogens is 2. The standard InChI is InChI=1S/C13H10Cl2N2S2/c14-9-2-1-3-10-12(9)16-13(18)17(10)7-6-8-4-5-11(15)19-8/h1-5H,6-7H2,(H,16,18). The number of H-pyrrole nitrogens is 1. The number of nitrogens with one attached hydrogen (secondary N) is 1. The highest BCUT2D eigenvalue weighted by Crippen LogP contribution is 2.25. The predicted molar refractivity (Wildman–Crippen MR) is 85.2 cm³/mol. The topological polar surface area (TPSA) is 20.7 Å². The van der Waals surface area contributed by atoms with Crippen LogP contribution in [0.1, 0.15) is 4.88 Å². The molecule has 0 fully saturated rings. The van der Waals surface area contributed by atoms with E-state index in [1.807, 2.05) is 24.3 Å². The van der Waals surface area contributed by atoms with Crippen molar-refractivity contribution in [3.63, 3.8) is 0 Å². The van der Waals surface area contributed by atoms with Gasteiger partial charge in [0.25, 0.3) is 0 Å². The average molecular weight is 329 g/mol. The molecule has 3 aromatic rings. The smallest absolute Gasteiger partial charge is 0.178 e. The van der Waals surface area contributed by atoms with Gasteiger partial charge >= 0.3 is 0 Å². The number of aromatic nitrogens is 2. The molecule has 19 heavy (non-hydrogen) atoms. The third-order valence-corrected chi connectivity index (χ3v) is 4.90. The van der Waals surface area contributed by atoms with Crippen LogP contribution in [0.4, 0.5) is 0 Å². The first kappa shape index (κ1) is 13.2. The lowest BCUT2D eigenvalue weighted by molar-refractivity contribution is 0.712. The number of para-hydroxylation sites is 1. The zero-order valence-electron chi connectivity index (χ0n) is 9.82. The van der Waals surface area contributed by atoms with Crippen molar-refractivity contribution in [2.75, 3.05) is 0 Å². The van der Waals surface area contributed by atoms with E-state index < -0.39 is 0 Å². The van der Waals surface area contributed by atoms with Crippen LogP contribution in [0.25, 0.3) is 11.0 Å². The zero-order valence-corrected chi connectivity index (χ0v) is 13.0. The molecule has 3 rings (SSSR count). The van der Waals surface area contributed by atoms with Crippen LogP contribution in [0.3, 0.4) is 0 Å². The van der Waals surface area contributed by atoms with E-state index >= 15 is 0 Å². The van der Waals surface area contributed by atoms with Crippen molar-refractivity contribution in [2.24, 2.45) is 0 Å². The van der Waals surface area contributed by atoms with Crippen molar-refractivity contribution >= 4 is 57.8 Å². The molecule has 0 radical (unpaired) electrons. The SMILES string of the molecule is S=c1[nH]c2c(Cl)cccc2n1CCc1ccc(Cl)s1. The molecular weight excluding hydrogens is 319 g/mol. The van der Waals surface area contributed by atoms with Crippen molar-refractivity contribution in [3.05, 3.63) is 49.3 Å². The molecule has 0 aliphatic heterocycles. The van der Waals surface area contributed by atoms with Gasteiger partial charge in [0, 0.05) is 11.4 Å². The molecule has 0 amide bonds. The van der Waals surface area contributed by atoms with Crippen molar-refractivity contribution in [3.8, 4) is 0 Å². The van der Waals surface area contributed by atoms with Crippen molar-refractivity contribution in [2.45, 2.75) is 13.0 Å². The van der Waals surface area contributed by atoms with Crippen molar-refractivity contribution < 1.29 is 0 Å². The summed E-state index contributed by atoms with van der Waals surface area (Å²) in [6.45, 7) is 0.815. The number of benzene rings is 1. The van der Waals surface area contributed by atoms with E-state index in [4.69, 9.17) is 35.4 Å². The number of imidazole rings is 1. The number of aryl methyl sites for hydroxylation is 2. The molecule has 0 spiro atoms. The Kier molecular flexibility index (Phi) is 3.67. The highest BCUT2D eigenvalue weighted by atomic mass is 35.5. The Morgan fingerprint density at radius 1 is 1.21 bits per heavy atom. The van der Waals surface area contributed by atoms with Gasteiger partial charge in [-0.1, -0.05) is 29.3 Å². The minimum atomic E-state index is 0.696. The van der Waals surface area contributed by atoms with E-state index in [9.17, 15) is 0 Å². The molecular formula is C13H10Cl2N2S2. The molecule has 0 unspecified atom stereocenters. The predicted octanol–water partition coefficient (Wildman–Crippen LogP) is 5.31. The number of thiophene rings is 1. The van der Waals surface area contributed by atoms with Gasteiger partial charge in [0.1, 0.15) is 0 Å². The van der Waals surface area contributed by atoms with Crippen LogP contribution in [0.5, 0.6) is 0 Å². The van der Waals surface area contributed by atoms with E-state index in [0.717, 1.165) is 28.3 Å². The Morgan fingerprint density at radius 3 is 2.79 bits per heavy atom. The summed E-state index contributed by atoms with van der Waals surface area (Å²) in [4.78, 5) is 4.41. The fourth-order valence-electron chi connectivity index (χ4n) is 2.08. The van der Waals surface area contributed by atoms with Gasteiger partial charge in [0.15, 0.2) is 4.77 Å². The van der Waals surface area contributed by atoms with Gasteiger partial charge in [-0.25, -0.2) is 0 Å². The molecule has 1 N–H and O–H groups in total. The van der Waals surface area contributed by atoms with E-state index in [1.165, 1.54) is 4.88 Å². The molecule has 1 aromatic carbocycles. The fourth-order valence-corrected chi connectivity index (χ4v) is 3.66. The maximum atomic E-state index is 6.16. The summed E-state index contributed by atoms with van der Waals surface area (Å²) in [6.07, 6.45) is 0.908. The number of hydrogen-bond donors (Lipinski definition) is 1. The number of nitrogens with zero attached hydrogens (tertiary/aromatic N) is 1. The molecule has 2 heterocycles. The number of aromatic amines is 1. The van der Waals surface area contributed by atoms with Gasteiger partial charge in [-0.3, -0.25) is 0 Å². The average Bonchev–Trinajstić information content (AvgIpc) is 2.92. The Morgan fingerprint density at radius 2 is 2.05 bits per heavy atom. The number of hydrogen-bond acceptors (Lipinski definition) is 2. The molecule has 6 heteroatoms. The monoisotopic (exact) mass is 328 g/mol. The zero-order chi connectivity index (χ0) is 13.4. The van der Waals surface area contributed by atoms with Gasteiger partial charge in [-0.2, -0.15) is 0 Å². The largest absolute Gasteiger partial charge is 0.329 e. The van der Waals surface area contributed by atoms with Crippen molar-refractivity contribution in [1.29, 1.82) is 0 Å². The van der Waals surface area contributed by atoms with Gasteiger partial charge in [-0.05, 0) is 42.9 Å². The molecule has 2 nitrogen and oxygen atoms in total. The molecule has 2 aromatic heterocycles. The molecule has 0 atom stereocenters. The quantitative estimate of drug-likeness (QED) is 0.646. The highest BCUT2D eigenvalue weighted by Gasteiger charge is 2.07. The maximum Gasteiger partial charge on any atom is 0.178 e. The normalized spacial score (nSPS) is 11.3. The Bertz CT molecular complexity index is 785. The summed E-state index contributed by atoms with van der Waals surface area (Å²) in [7, 11) is 0. The van der Waals surface area contributed by atoms with Gasteiger partial charge in [0.2, 0.25) is 0 Å². The second kappa shape index (κ2) is 5.29. The van der Waals surface area contributed by atoms with Crippen LogP contribution < -0.4 is 0 Å². The molecule has 0 aliphatic rings. The third kappa shape index (κ3) is 2.58. The maximum absolute atomic E-state index is 6.16. The van der Waals surface area contributed by atoms with Crippen LogP contribution >= 0.6 is 46.8 Å². The summed E-state index contributed by atoms with van der Waals surface area (Å²) in [6, 6.07) is 9.80. The number of fused-ring (bicyclic) bond motifs is 1. The van der Waals surface area contributed by atoms with Crippen molar-refractivity contribution in [1.82, 2.24) is 9.55 Å². The Labute approximate surface area is 129 Å². The van der Waals surface area contributed by atoms with E-state index in [1.54, 1.807) is 11.3 Å². The first-order chi connectivity index (χ1) is 9.15. The van der Waals surface area contributed by atoms with Crippen LogP contribution in [0.15, 0.2) is 30.3 Å².